The third kappa shape index (κ3) is 1.74. The van der Waals surface area contributed by atoms with Gasteiger partial charge in [0.2, 0.25) is 0 Å². The van der Waals surface area contributed by atoms with E-state index in [1.807, 2.05) is 0 Å². The van der Waals surface area contributed by atoms with Crippen molar-refractivity contribution in [1.82, 2.24) is 0 Å². The van der Waals surface area contributed by atoms with Gasteiger partial charge < -0.3 is 20.4 Å². The molecule has 0 spiro atoms. The molecule has 2 aliphatic rings. The molecule has 0 aromatic carbocycles. The molecular weight excluding hydrogens is 244 g/mol. The lowest BCUT2D eigenvalue weighted by Gasteiger charge is -2.39. The van der Waals surface area contributed by atoms with Gasteiger partial charge in [0.25, 0.3) is 0 Å². The van der Waals surface area contributed by atoms with Crippen molar-refractivity contribution in [3.05, 3.63) is 0 Å². The lowest BCUT2D eigenvalue weighted by Crippen LogP contribution is -2.60. The van der Waals surface area contributed by atoms with Crippen LogP contribution in [0.4, 0.5) is 0 Å². The van der Waals surface area contributed by atoms with E-state index in [-0.39, 0.29) is 0 Å². The molecule has 1 saturated heterocycles. The summed E-state index contributed by atoms with van der Waals surface area (Å²) in [6.07, 6.45) is -7.14. The van der Waals surface area contributed by atoms with Crippen molar-refractivity contribution < 1.29 is 37.2 Å². The third-order valence-corrected chi connectivity index (χ3v) is 3.81. The van der Waals surface area contributed by atoms with Crippen molar-refractivity contribution >= 4 is 10.4 Å². The van der Waals surface area contributed by atoms with E-state index in [0.29, 0.717) is 0 Å². The summed E-state index contributed by atoms with van der Waals surface area (Å²) in [5.41, 5.74) is 0. The predicted octanol–water partition coefficient (Wildman–Crippen LogP) is -3.28. The molecule has 2 fully saturated rings. The average Bonchev–Trinajstić information content (AvgIpc) is 2.52. The number of aliphatic hydroxyl groups is 4. The largest absolute Gasteiger partial charge is 0.400 e. The maximum atomic E-state index is 11.0. The second-order valence-electron chi connectivity index (χ2n) is 3.85. The van der Waals surface area contributed by atoms with E-state index in [4.69, 9.17) is 5.11 Å². The zero-order valence-corrected chi connectivity index (χ0v) is 8.82. The van der Waals surface area contributed by atoms with E-state index in [0.717, 1.165) is 0 Å². The average molecular weight is 256 g/mol. The van der Waals surface area contributed by atoms with Gasteiger partial charge in [-0.15, -0.1) is 0 Å². The van der Waals surface area contributed by atoms with Crippen molar-refractivity contribution in [2.24, 2.45) is 5.92 Å². The van der Waals surface area contributed by atoms with Gasteiger partial charge in [0.05, 0.1) is 12.7 Å². The fourth-order valence-electron chi connectivity index (χ4n) is 2.03. The number of hydrogen-bond donors (Lipinski definition) is 4. The molecule has 1 aliphatic heterocycles. The monoisotopic (exact) mass is 256 g/mol. The van der Waals surface area contributed by atoms with E-state index in [1.54, 1.807) is 0 Å². The molecule has 1 aliphatic carbocycles. The minimum atomic E-state index is -4.24. The zero-order chi connectivity index (χ0) is 12.1. The Hall–Kier alpha value is -0.290. The van der Waals surface area contributed by atoms with Crippen molar-refractivity contribution in [2.75, 3.05) is 6.61 Å². The second kappa shape index (κ2) is 3.88. The van der Waals surface area contributed by atoms with Crippen LogP contribution in [0.2, 0.25) is 0 Å². The minimum absolute atomic E-state index is 0.592. The summed E-state index contributed by atoms with van der Waals surface area (Å²) in [7, 11) is -4.24. The van der Waals surface area contributed by atoms with Crippen molar-refractivity contribution in [3.8, 4) is 0 Å². The summed E-state index contributed by atoms with van der Waals surface area (Å²) in [5, 5.41) is 37.5. The van der Waals surface area contributed by atoms with Crippen molar-refractivity contribution in [3.63, 3.8) is 0 Å². The van der Waals surface area contributed by atoms with E-state index >= 15 is 0 Å². The Morgan fingerprint density at radius 3 is 2.06 bits per heavy atom. The van der Waals surface area contributed by atoms with Gasteiger partial charge in [-0.1, -0.05) is 0 Å². The van der Waals surface area contributed by atoms with E-state index in [9.17, 15) is 23.7 Å². The number of rotatable bonds is 1. The highest BCUT2D eigenvalue weighted by atomic mass is 32.3. The maximum absolute atomic E-state index is 11.0. The second-order valence-corrected chi connectivity index (χ2v) is 5.05. The highest BCUT2D eigenvalue weighted by molar-refractivity contribution is 7.82. The first-order chi connectivity index (χ1) is 7.37. The van der Waals surface area contributed by atoms with Gasteiger partial charge >= 0.3 is 10.4 Å². The fraction of sp³-hybridized carbons (Fsp3) is 1.00. The summed E-state index contributed by atoms with van der Waals surface area (Å²) in [5.74, 6) is -1.03. The van der Waals surface area contributed by atoms with E-state index in [2.05, 4.69) is 8.37 Å². The predicted molar refractivity (Wildman–Crippen MR) is 47.3 cm³/mol. The lowest BCUT2D eigenvalue weighted by atomic mass is 9.79. The molecule has 0 amide bonds. The van der Waals surface area contributed by atoms with Gasteiger partial charge in [0.15, 0.2) is 0 Å². The van der Waals surface area contributed by atoms with Crippen LogP contribution < -0.4 is 0 Å². The van der Waals surface area contributed by atoms with Crippen LogP contribution in [0.25, 0.3) is 0 Å². The molecule has 6 atom stereocenters. The van der Waals surface area contributed by atoms with Crippen LogP contribution in [0.15, 0.2) is 0 Å². The molecule has 9 heteroatoms. The molecule has 2 rings (SSSR count). The van der Waals surface area contributed by atoms with Crippen molar-refractivity contribution in [1.29, 1.82) is 0 Å². The Balaban J connectivity index is 2.32. The molecule has 1 heterocycles. The molecule has 4 N–H and O–H groups in total. The molecule has 8 nitrogen and oxygen atoms in total. The summed E-state index contributed by atoms with van der Waals surface area (Å²) in [6.45, 7) is -0.592. The fourth-order valence-corrected chi connectivity index (χ4v) is 3.09. The van der Waals surface area contributed by atoms with Crippen LogP contribution in [-0.2, 0) is 18.8 Å². The van der Waals surface area contributed by atoms with Crippen LogP contribution in [0, 0.1) is 5.92 Å². The quantitative estimate of drug-likeness (QED) is 0.384. The Bertz CT molecular complexity index is 367. The van der Waals surface area contributed by atoms with E-state index < -0.39 is 53.4 Å². The molecule has 1 saturated carbocycles. The maximum Gasteiger partial charge on any atom is 0.400 e. The summed E-state index contributed by atoms with van der Waals surface area (Å²) in [6, 6.07) is 0. The first-order valence-corrected chi connectivity index (χ1v) is 5.97. The lowest BCUT2D eigenvalue weighted by molar-refractivity contribution is -0.176. The van der Waals surface area contributed by atoms with Crippen LogP contribution in [0.1, 0.15) is 0 Å². The van der Waals surface area contributed by atoms with Crippen LogP contribution in [0.5, 0.6) is 0 Å². The molecular formula is C7H12O8S. The normalized spacial score (nSPS) is 51.2. The van der Waals surface area contributed by atoms with Gasteiger partial charge in [-0.25, -0.2) is 8.37 Å². The SMILES string of the molecule is O=S1(=O)OC2C(O)C(O)C(O)C(CO)C2O1. The van der Waals surface area contributed by atoms with Crippen molar-refractivity contribution in [2.45, 2.75) is 30.5 Å². The Kier molecular flexibility index (Phi) is 2.95. The third-order valence-electron chi connectivity index (χ3n) is 2.89. The van der Waals surface area contributed by atoms with Crippen LogP contribution in [-0.4, -0.2) is 66.0 Å². The van der Waals surface area contributed by atoms with Gasteiger partial charge in [-0.2, -0.15) is 8.42 Å². The summed E-state index contributed by atoms with van der Waals surface area (Å²) < 4.78 is 31.0. The highest BCUT2D eigenvalue weighted by Crippen LogP contribution is 2.36. The molecule has 16 heavy (non-hydrogen) atoms. The smallest absolute Gasteiger partial charge is 0.396 e. The van der Waals surface area contributed by atoms with Gasteiger partial charge in [-0.05, 0) is 0 Å². The van der Waals surface area contributed by atoms with Crippen LogP contribution in [0.3, 0.4) is 0 Å². The summed E-state index contributed by atoms with van der Waals surface area (Å²) in [4.78, 5) is 0. The molecule has 0 radical (unpaired) electrons. The summed E-state index contributed by atoms with van der Waals surface area (Å²) >= 11 is 0. The zero-order valence-electron chi connectivity index (χ0n) is 8.00. The Labute approximate surface area is 91.4 Å². The molecule has 94 valence electrons. The standard InChI is InChI=1S/C7H12O8S/c8-1-2-3(9)4(10)5(11)7-6(2)14-16(12,13)15-7/h2-11H,1H2. The van der Waals surface area contributed by atoms with Gasteiger partial charge in [0.1, 0.15) is 24.4 Å². The molecule has 0 bridgehead atoms. The first kappa shape index (κ1) is 12.2. The van der Waals surface area contributed by atoms with E-state index in [1.165, 1.54) is 0 Å². The number of fused-ring (bicyclic) bond motifs is 1. The number of hydrogen-bond acceptors (Lipinski definition) is 8. The Morgan fingerprint density at radius 2 is 1.50 bits per heavy atom. The highest BCUT2D eigenvalue weighted by Gasteiger charge is 2.57. The molecule has 0 aromatic heterocycles. The van der Waals surface area contributed by atoms with Gasteiger partial charge in [0, 0.05) is 5.92 Å². The molecule has 6 unspecified atom stereocenters. The Morgan fingerprint density at radius 1 is 0.938 bits per heavy atom. The molecule has 0 aromatic rings. The number of aliphatic hydroxyl groups excluding tert-OH is 4. The minimum Gasteiger partial charge on any atom is -0.396 e. The van der Waals surface area contributed by atoms with Crippen LogP contribution >= 0.6 is 0 Å². The first-order valence-electron chi connectivity index (χ1n) is 4.64. The van der Waals surface area contributed by atoms with Gasteiger partial charge in [-0.3, -0.25) is 0 Å². The topological polar surface area (TPSA) is 134 Å².